The molecule has 0 unspecified atom stereocenters. The van der Waals surface area contributed by atoms with E-state index in [-0.39, 0.29) is 17.5 Å². The van der Waals surface area contributed by atoms with Gasteiger partial charge < -0.3 is 4.74 Å². The van der Waals surface area contributed by atoms with Crippen molar-refractivity contribution in [1.82, 2.24) is 9.62 Å². The molecule has 5 nitrogen and oxygen atoms in total. The highest BCUT2D eigenvalue weighted by Crippen LogP contribution is 2.27. The van der Waals surface area contributed by atoms with Crippen molar-refractivity contribution >= 4 is 10.0 Å². The van der Waals surface area contributed by atoms with Crippen LogP contribution in [-0.4, -0.2) is 39.3 Å². The number of aryl methyl sites for hydroxylation is 1. The lowest BCUT2D eigenvalue weighted by Crippen LogP contribution is -2.36. The molecular formula is C21H25F3N2O3S. The van der Waals surface area contributed by atoms with E-state index in [1.54, 1.807) is 0 Å². The first-order chi connectivity index (χ1) is 14.2. The molecule has 0 saturated carbocycles. The molecule has 1 aliphatic heterocycles. The molecule has 30 heavy (non-hydrogen) atoms. The van der Waals surface area contributed by atoms with Gasteiger partial charge in [-0.15, -0.1) is 13.2 Å². The van der Waals surface area contributed by atoms with E-state index < -0.39 is 22.1 Å². The van der Waals surface area contributed by atoms with Crippen molar-refractivity contribution in [2.75, 3.05) is 19.6 Å². The molecule has 2 aromatic carbocycles. The van der Waals surface area contributed by atoms with Crippen molar-refractivity contribution in [1.29, 1.82) is 0 Å². The Hall–Kier alpha value is -2.10. The van der Waals surface area contributed by atoms with Crippen LogP contribution in [0, 0.1) is 0 Å². The fraction of sp³-hybridized carbons (Fsp3) is 0.429. The summed E-state index contributed by atoms with van der Waals surface area (Å²) in [5, 5.41) is 0. The molecule has 1 fully saturated rings. The maximum Gasteiger partial charge on any atom is 0.573 e. The Morgan fingerprint density at radius 2 is 1.63 bits per heavy atom. The summed E-state index contributed by atoms with van der Waals surface area (Å²) < 4.78 is 68.6. The van der Waals surface area contributed by atoms with E-state index >= 15 is 0 Å². The molecule has 1 aliphatic rings. The number of nitrogens with zero attached hydrogens (tertiary/aromatic N) is 1. The number of hydrogen-bond acceptors (Lipinski definition) is 4. The molecule has 0 aromatic heterocycles. The maximum atomic E-state index is 12.7. The van der Waals surface area contributed by atoms with Gasteiger partial charge in [-0.1, -0.05) is 31.2 Å². The number of ether oxygens (including phenoxy) is 1. The number of alkyl halides is 3. The normalized spacial score (nSPS) is 16.5. The van der Waals surface area contributed by atoms with Crippen molar-refractivity contribution < 1.29 is 26.3 Å². The standard InChI is InChI=1S/C21H25F3N2O3S/c1-2-16-5-7-17(8-6-16)20(26-13-3-4-14-26)15-25-30(27,28)19-11-9-18(10-12-19)29-21(22,23)24/h5-12,20,25H,2-4,13-15H2,1H3/t20-/m0/s1. The molecule has 0 radical (unpaired) electrons. The second-order valence-corrected chi connectivity index (χ2v) is 8.99. The molecule has 9 heteroatoms. The fourth-order valence-corrected chi connectivity index (χ4v) is 4.62. The number of halogens is 3. The van der Waals surface area contributed by atoms with Crippen LogP contribution < -0.4 is 9.46 Å². The zero-order valence-corrected chi connectivity index (χ0v) is 17.5. The van der Waals surface area contributed by atoms with Crippen LogP contribution in [0.3, 0.4) is 0 Å². The summed E-state index contributed by atoms with van der Waals surface area (Å²) in [5.74, 6) is -0.465. The summed E-state index contributed by atoms with van der Waals surface area (Å²) in [7, 11) is -3.88. The lowest BCUT2D eigenvalue weighted by molar-refractivity contribution is -0.274. The van der Waals surface area contributed by atoms with Crippen LogP contribution in [0.1, 0.15) is 36.9 Å². The van der Waals surface area contributed by atoms with Gasteiger partial charge in [0.2, 0.25) is 10.0 Å². The Kier molecular flexibility index (Phi) is 7.05. The summed E-state index contributed by atoms with van der Waals surface area (Å²) in [6.45, 7) is 4.04. The number of nitrogens with one attached hydrogen (secondary N) is 1. The minimum Gasteiger partial charge on any atom is -0.406 e. The number of benzene rings is 2. The van der Waals surface area contributed by atoms with E-state index in [2.05, 4.69) is 21.3 Å². The molecule has 1 heterocycles. The van der Waals surface area contributed by atoms with Crippen molar-refractivity contribution in [3.8, 4) is 5.75 Å². The molecule has 0 spiro atoms. The Bertz CT molecular complexity index is 923. The molecule has 0 aliphatic carbocycles. The average molecular weight is 443 g/mol. The monoisotopic (exact) mass is 442 g/mol. The first-order valence-electron chi connectivity index (χ1n) is 9.86. The highest BCUT2D eigenvalue weighted by atomic mass is 32.2. The molecule has 3 rings (SSSR count). The first kappa shape index (κ1) is 22.6. The van der Waals surface area contributed by atoms with Crippen LogP contribution in [0.15, 0.2) is 53.4 Å². The minimum atomic E-state index is -4.82. The van der Waals surface area contributed by atoms with E-state index in [1.165, 1.54) is 5.56 Å². The highest BCUT2D eigenvalue weighted by Gasteiger charge is 2.31. The van der Waals surface area contributed by atoms with Gasteiger partial charge in [0.1, 0.15) is 5.75 Å². The SMILES string of the molecule is CCc1ccc([C@H](CNS(=O)(=O)c2ccc(OC(F)(F)F)cc2)N2CCCC2)cc1. The van der Waals surface area contributed by atoms with Crippen LogP contribution >= 0.6 is 0 Å². The smallest absolute Gasteiger partial charge is 0.406 e. The van der Waals surface area contributed by atoms with Crippen molar-refractivity contribution in [2.45, 2.75) is 43.5 Å². The van der Waals surface area contributed by atoms with Gasteiger partial charge in [-0.2, -0.15) is 0 Å². The molecule has 1 N–H and O–H groups in total. The van der Waals surface area contributed by atoms with Crippen LogP contribution in [0.5, 0.6) is 5.75 Å². The van der Waals surface area contributed by atoms with E-state index in [9.17, 15) is 21.6 Å². The quantitative estimate of drug-likeness (QED) is 0.664. The number of hydrogen-bond donors (Lipinski definition) is 1. The lowest BCUT2D eigenvalue weighted by Gasteiger charge is -2.28. The summed E-state index contributed by atoms with van der Waals surface area (Å²) in [6, 6.07) is 12.2. The molecule has 2 aromatic rings. The largest absolute Gasteiger partial charge is 0.573 e. The number of sulfonamides is 1. The van der Waals surface area contributed by atoms with Crippen molar-refractivity contribution in [3.63, 3.8) is 0 Å². The average Bonchev–Trinajstić information content (AvgIpc) is 3.22. The van der Waals surface area contributed by atoms with E-state index in [0.717, 1.165) is 62.2 Å². The van der Waals surface area contributed by atoms with Gasteiger partial charge in [-0.25, -0.2) is 13.1 Å². The third-order valence-corrected chi connectivity index (χ3v) is 6.63. The molecule has 1 saturated heterocycles. The fourth-order valence-electron chi connectivity index (χ4n) is 3.58. The van der Waals surface area contributed by atoms with E-state index in [1.807, 2.05) is 24.3 Å². The van der Waals surface area contributed by atoms with Crippen LogP contribution in [0.2, 0.25) is 0 Å². The molecule has 1 atom stereocenters. The third-order valence-electron chi connectivity index (χ3n) is 5.19. The topological polar surface area (TPSA) is 58.6 Å². The van der Waals surface area contributed by atoms with Gasteiger partial charge in [-0.3, -0.25) is 4.90 Å². The summed E-state index contributed by atoms with van der Waals surface area (Å²) in [5.41, 5.74) is 2.24. The second-order valence-electron chi connectivity index (χ2n) is 7.23. The molecule has 0 amide bonds. The van der Waals surface area contributed by atoms with Crippen molar-refractivity contribution in [3.05, 3.63) is 59.7 Å². The predicted molar refractivity (Wildman–Crippen MR) is 108 cm³/mol. The number of likely N-dealkylation sites (tertiary alicyclic amines) is 1. The first-order valence-corrected chi connectivity index (χ1v) is 11.3. The summed E-state index contributed by atoms with van der Waals surface area (Å²) in [4.78, 5) is 2.14. The Morgan fingerprint density at radius 3 is 2.17 bits per heavy atom. The summed E-state index contributed by atoms with van der Waals surface area (Å²) in [6.07, 6.45) is -1.77. The van der Waals surface area contributed by atoms with Gasteiger partial charge >= 0.3 is 6.36 Å². The zero-order chi connectivity index (χ0) is 21.8. The van der Waals surface area contributed by atoms with Crippen molar-refractivity contribution in [2.24, 2.45) is 0 Å². The molecule has 0 bridgehead atoms. The van der Waals surface area contributed by atoms with Gasteiger partial charge in [0, 0.05) is 12.6 Å². The molecular weight excluding hydrogens is 417 g/mol. The van der Waals surface area contributed by atoms with E-state index in [4.69, 9.17) is 0 Å². The van der Waals surface area contributed by atoms with Crippen LogP contribution in [-0.2, 0) is 16.4 Å². The minimum absolute atomic E-state index is 0.110. The van der Waals surface area contributed by atoms with Gasteiger partial charge in [0.05, 0.1) is 4.90 Å². The lowest BCUT2D eigenvalue weighted by atomic mass is 10.0. The number of rotatable bonds is 8. The van der Waals surface area contributed by atoms with Gasteiger partial charge in [0.25, 0.3) is 0 Å². The highest BCUT2D eigenvalue weighted by molar-refractivity contribution is 7.89. The predicted octanol–water partition coefficient (Wildman–Crippen LogP) is 4.26. The van der Waals surface area contributed by atoms with E-state index in [0.29, 0.717) is 0 Å². The molecule has 164 valence electrons. The Morgan fingerprint density at radius 1 is 1.03 bits per heavy atom. The Balaban J connectivity index is 1.73. The van der Waals surface area contributed by atoms with Crippen LogP contribution in [0.4, 0.5) is 13.2 Å². The van der Waals surface area contributed by atoms with Gasteiger partial charge in [-0.05, 0) is 67.7 Å². The summed E-state index contributed by atoms with van der Waals surface area (Å²) >= 11 is 0. The maximum absolute atomic E-state index is 12.7. The zero-order valence-electron chi connectivity index (χ0n) is 16.7. The Labute approximate surface area is 174 Å². The van der Waals surface area contributed by atoms with Crippen LogP contribution in [0.25, 0.3) is 0 Å². The second kappa shape index (κ2) is 9.36. The third kappa shape index (κ3) is 5.96. The van der Waals surface area contributed by atoms with Gasteiger partial charge in [0.15, 0.2) is 0 Å².